The molecule has 5 heteroatoms. The molecule has 0 unspecified atom stereocenters. The zero-order chi connectivity index (χ0) is 14.9. The Bertz CT molecular complexity index is 517. The summed E-state index contributed by atoms with van der Waals surface area (Å²) in [4.78, 5) is 15.3. The minimum absolute atomic E-state index is 0.00930. The minimum Gasteiger partial charge on any atom is -0.478 e. The third-order valence-corrected chi connectivity index (χ3v) is 4.09. The molecule has 0 spiro atoms. The first kappa shape index (κ1) is 14.9. The van der Waals surface area contributed by atoms with Crippen molar-refractivity contribution in [2.75, 3.05) is 26.7 Å². The topological polar surface area (TPSA) is 43.8 Å². The van der Waals surface area contributed by atoms with E-state index in [4.69, 9.17) is 5.11 Å². The van der Waals surface area contributed by atoms with Crippen molar-refractivity contribution < 1.29 is 14.3 Å². The Morgan fingerprint density at radius 1 is 1.40 bits per heavy atom. The molecule has 20 heavy (non-hydrogen) atoms. The molecular formula is C15H21FN2O2. The number of halogens is 1. The summed E-state index contributed by atoms with van der Waals surface area (Å²) in [5, 5.41) is 8.84. The number of benzene rings is 1. The molecule has 1 fully saturated rings. The Kier molecular flexibility index (Phi) is 4.11. The molecule has 0 saturated carbocycles. The molecule has 0 atom stereocenters. The van der Waals surface area contributed by atoms with Gasteiger partial charge in [-0.05, 0) is 33.0 Å². The van der Waals surface area contributed by atoms with E-state index in [1.54, 1.807) is 6.07 Å². The first-order valence-electron chi connectivity index (χ1n) is 6.75. The first-order chi connectivity index (χ1) is 9.29. The Hall–Kier alpha value is -1.46. The molecule has 0 aromatic heterocycles. The summed E-state index contributed by atoms with van der Waals surface area (Å²) >= 11 is 0. The van der Waals surface area contributed by atoms with Gasteiger partial charge < -0.3 is 5.11 Å². The van der Waals surface area contributed by atoms with Gasteiger partial charge in [0.05, 0.1) is 5.56 Å². The lowest BCUT2D eigenvalue weighted by atomic mass is 9.99. The van der Waals surface area contributed by atoms with Crippen LogP contribution in [-0.4, -0.2) is 53.1 Å². The maximum atomic E-state index is 13.9. The van der Waals surface area contributed by atoms with Gasteiger partial charge in [-0.2, -0.15) is 0 Å². The first-order valence-corrected chi connectivity index (χ1v) is 6.75. The number of hydrogen-bond donors (Lipinski definition) is 1. The van der Waals surface area contributed by atoms with E-state index in [0.29, 0.717) is 12.1 Å². The van der Waals surface area contributed by atoms with E-state index in [0.717, 1.165) is 25.7 Å². The summed E-state index contributed by atoms with van der Waals surface area (Å²) in [6, 6.07) is 4.13. The number of carbonyl (C=O) groups is 1. The number of carboxylic acids is 1. The molecule has 1 saturated heterocycles. The van der Waals surface area contributed by atoms with Crippen molar-refractivity contribution in [3.8, 4) is 0 Å². The maximum absolute atomic E-state index is 13.9. The SMILES string of the molecule is CN1CCN(Cc2ccc(C(=O)O)cc2F)CC1(C)C. The van der Waals surface area contributed by atoms with E-state index >= 15 is 0 Å². The molecule has 0 bridgehead atoms. The van der Waals surface area contributed by atoms with Crippen LogP contribution < -0.4 is 0 Å². The van der Waals surface area contributed by atoms with E-state index in [9.17, 15) is 9.18 Å². The largest absolute Gasteiger partial charge is 0.478 e. The Morgan fingerprint density at radius 2 is 2.10 bits per heavy atom. The minimum atomic E-state index is -1.10. The second-order valence-corrected chi connectivity index (χ2v) is 6.06. The van der Waals surface area contributed by atoms with Crippen LogP contribution in [-0.2, 0) is 6.54 Å². The number of rotatable bonds is 3. The van der Waals surface area contributed by atoms with Gasteiger partial charge in [0.25, 0.3) is 0 Å². The van der Waals surface area contributed by atoms with Crippen molar-refractivity contribution in [3.05, 3.63) is 35.1 Å². The highest BCUT2D eigenvalue weighted by atomic mass is 19.1. The third-order valence-electron chi connectivity index (χ3n) is 4.09. The predicted molar refractivity (Wildman–Crippen MR) is 75.3 cm³/mol. The molecule has 0 aliphatic carbocycles. The average molecular weight is 280 g/mol. The number of aromatic carboxylic acids is 1. The molecule has 2 rings (SSSR count). The van der Waals surface area contributed by atoms with Crippen molar-refractivity contribution in [2.24, 2.45) is 0 Å². The molecule has 1 aromatic rings. The number of piperazine rings is 1. The second-order valence-electron chi connectivity index (χ2n) is 6.06. The van der Waals surface area contributed by atoms with E-state index in [1.165, 1.54) is 6.07 Å². The summed E-state index contributed by atoms with van der Waals surface area (Å²) < 4.78 is 13.9. The van der Waals surface area contributed by atoms with Gasteiger partial charge in [-0.3, -0.25) is 9.80 Å². The van der Waals surface area contributed by atoms with Crippen molar-refractivity contribution in [3.63, 3.8) is 0 Å². The molecule has 1 aromatic carbocycles. The second kappa shape index (κ2) is 5.50. The lowest BCUT2D eigenvalue weighted by molar-refractivity contribution is 0.0355. The fourth-order valence-corrected chi connectivity index (χ4v) is 2.53. The van der Waals surface area contributed by atoms with Gasteiger partial charge in [0.1, 0.15) is 5.82 Å². The Morgan fingerprint density at radius 3 is 2.65 bits per heavy atom. The van der Waals surface area contributed by atoms with Crippen LogP contribution in [0.5, 0.6) is 0 Å². The Labute approximate surface area is 118 Å². The van der Waals surface area contributed by atoms with Gasteiger partial charge in [0, 0.05) is 37.3 Å². The zero-order valence-electron chi connectivity index (χ0n) is 12.2. The molecule has 0 radical (unpaired) electrons. The quantitative estimate of drug-likeness (QED) is 0.920. The van der Waals surface area contributed by atoms with Crippen LogP contribution >= 0.6 is 0 Å². The summed E-state index contributed by atoms with van der Waals surface area (Å²) in [6.07, 6.45) is 0. The number of carboxylic acid groups (broad SMARTS) is 1. The lowest BCUT2D eigenvalue weighted by Crippen LogP contribution is -2.57. The van der Waals surface area contributed by atoms with Gasteiger partial charge in [-0.1, -0.05) is 6.07 Å². The van der Waals surface area contributed by atoms with E-state index < -0.39 is 11.8 Å². The van der Waals surface area contributed by atoms with Gasteiger partial charge in [0.15, 0.2) is 0 Å². The number of nitrogens with zero attached hydrogens (tertiary/aromatic N) is 2. The van der Waals surface area contributed by atoms with Crippen LogP contribution in [0.25, 0.3) is 0 Å². The van der Waals surface area contributed by atoms with Crippen LogP contribution in [0.1, 0.15) is 29.8 Å². The van der Waals surface area contributed by atoms with E-state index in [-0.39, 0.29) is 11.1 Å². The van der Waals surface area contributed by atoms with Crippen LogP contribution in [0.2, 0.25) is 0 Å². The molecule has 4 nitrogen and oxygen atoms in total. The van der Waals surface area contributed by atoms with Crippen molar-refractivity contribution >= 4 is 5.97 Å². The fourth-order valence-electron chi connectivity index (χ4n) is 2.53. The third kappa shape index (κ3) is 3.16. The number of likely N-dealkylation sites (N-methyl/N-ethyl adjacent to an activating group) is 1. The molecule has 1 N–H and O–H groups in total. The van der Waals surface area contributed by atoms with Crippen LogP contribution in [0.3, 0.4) is 0 Å². The summed E-state index contributed by atoms with van der Waals surface area (Å²) in [6.45, 7) is 7.56. The molecular weight excluding hydrogens is 259 g/mol. The van der Waals surface area contributed by atoms with Crippen LogP contribution in [0.15, 0.2) is 18.2 Å². The smallest absolute Gasteiger partial charge is 0.335 e. The van der Waals surface area contributed by atoms with E-state index in [1.807, 2.05) is 0 Å². The average Bonchev–Trinajstić information content (AvgIpc) is 2.35. The molecule has 1 aliphatic rings. The maximum Gasteiger partial charge on any atom is 0.335 e. The van der Waals surface area contributed by atoms with E-state index in [2.05, 4.69) is 30.7 Å². The molecule has 110 valence electrons. The summed E-state index contributed by atoms with van der Waals surface area (Å²) in [7, 11) is 2.10. The summed E-state index contributed by atoms with van der Waals surface area (Å²) in [5.74, 6) is -1.54. The van der Waals surface area contributed by atoms with Crippen molar-refractivity contribution in [1.29, 1.82) is 0 Å². The van der Waals surface area contributed by atoms with Gasteiger partial charge >= 0.3 is 5.97 Å². The van der Waals surface area contributed by atoms with Gasteiger partial charge in [0.2, 0.25) is 0 Å². The standard InChI is InChI=1S/C15H21FN2O2/c1-15(2)10-18(7-6-17(15)3)9-12-5-4-11(14(19)20)8-13(12)16/h4-5,8H,6-7,9-10H2,1-3H3,(H,19,20). The highest BCUT2D eigenvalue weighted by Crippen LogP contribution is 2.21. The fraction of sp³-hybridized carbons (Fsp3) is 0.533. The van der Waals surface area contributed by atoms with Crippen LogP contribution in [0.4, 0.5) is 4.39 Å². The van der Waals surface area contributed by atoms with Crippen molar-refractivity contribution in [2.45, 2.75) is 25.9 Å². The lowest BCUT2D eigenvalue weighted by Gasteiger charge is -2.45. The molecule has 0 amide bonds. The van der Waals surface area contributed by atoms with Gasteiger partial charge in [-0.25, -0.2) is 9.18 Å². The highest BCUT2D eigenvalue weighted by molar-refractivity contribution is 5.87. The zero-order valence-corrected chi connectivity index (χ0v) is 12.2. The van der Waals surface area contributed by atoms with Crippen LogP contribution in [0, 0.1) is 5.82 Å². The van der Waals surface area contributed by atoms with Crippen molar-refractivity contribution in [1.82, 2.24) is 9.80 Å². The highest BCUT2D eigenvalue weighted by Gasteiger charge is 2.31. The molecule has 1 aliphatic heterocycles. The number of hydrogen-bond acceptors (Lipinski definition) is 3. The monoisotopic (exact) mass is 280 g/mol. The summed E-state index contributed by atoms with van der Waals surface area (Å²) in [5.41, 5.74) is 0.607. The molecule has 1 heterocycles. The Balaban J connectivity index is 2.09. The van der Waals surface area contributed by atoms with Gasteiger partial charge in [-0.15, -0.1) is 0 Å². The predicted octanol–water partition coefficient (Wildman–Crippen LogP) is 2.05. The normalized spacial score (nSPS) is 20.0.